The monoisotopic (exact) mass is 436 g/mol. The average Bonchev–Trinajstić information content (AvgIpc) is 3.08. The van der Waals surface area contributed by atoms with Gasteiger partial charge in [0.2, 0.25) is 5.91 Å². The van der Waals surface area contributed by atoms with Crippen molar-refractivity contribution >= 4 is 35.8 Å². The Morgan fingerprint density at radius 2 is 1.78 bits per heavy atom. The normalized spacial score (nSPS) is 19.3. The van der Waals surface area contributed by atoms with E-state index >= 15 is 0 Å². The van der Waals surface area contributed by atoms with E-state index in [9.17, 15) is 4.79 Å². The first-order chi connectivity index (χ1) is 10.8. The van der Waals surface area contributed by atoms with Crippen LogP contribution in [0, 0.1) is 5.92 Å². The summed E-state index contributed by atoms with van der Waals surface area (Å²) in [5.74, 6) is 1.81. The van der Waals surface area contributed by atoms with Gasteiger partial charge in [-0.25, -0.2) is 4.99 Å². The topological polar surface area (TPSA) is 56.7 Å². The molecular formula is C17H33IN4O. The highest BCUT2D eigenvalue weighted by Crippen LogP contribution is 2.25. The summed E-state index contributed by atoms with van der Waals surface area (Å²) in [6.45, 7) is 5.90. The molecule has 0 bridgehead atoms. The fourth-order valence-corrected chi connectivity index (χ4v) is 3.43. The van der Waals surface area contributed by atoms with Gasteiger partial charge in [0.15, 0.2) is 5.96 Å². The second-order valence-corrected chi connectivity index (χ2v) is 6.50. The Hall–Kier alpha value is -0.530. The Labute approximate surface area is 158 Å². The number of carbonyl (C=O) groups is 1. The van der Waals surface area contributed by atoms with Gasteiger partial charge in [-0.15, -0.1) is 24.0 Å². The van der Waals surface area contributed by atoms with Crippen LogP contribution in [-0.4, -0.2) is 49.5 Å². The molecule has 1 saturated heterocycles. The van der Waals surface area contributed by atoms with Gasteiger partial charge in [-0.3, -0.25) is 4.79 Å². The third-order valence-electron chi connectivity index (χ3n) is 4.75. The van der Waals surface area contributed by atoms with E-state index in [1.165, 1.54) is 38.5 Å². The van der Waals surface area contributed by atoms with Crippen LogP contribution in [0.5, 0.6) is 0 Å². The van der Waals surface area contributed by atoms with Gasteiger partial charge >= 0.3 is 0 Å². The summed E-state index contributed by atoms with van der Waals surface area (Å²) < 4.78 is 0. The third-order valence-corrected chi connectivity index (χ3v) is 4.75. The third kappa shape index (κ3) is 7.72. The number of carbonyl (C=O) groups excluding carboxylic acids is 1. The van der Waals surface area contributed by atoms with Crippen molar-refractivity contribution in [2.45, 2.75) is 58.3 Å². The van der Waals surface area contributed by atoms with Crippen LogP contribution < -0.4 is 10.6 Å². The molecule has 0 aromatic carbocycles. The molecule has 5 nitrogen and oxygen atoms in total. The first kappa shape index (κ1) is 20.5. The quantitative estimate of drug-likeness (QED) is 0.383. The predicted molar refractivity (Wildman–Crippen MR) is 106 cm³/mol. The molecule has 2 N–H and O–H groups in total. The number of nitrogens with zero attached hydrogens (tertiary/aromatic N) is 2. The second-order valence-electron chi connectivity index (χ2n) is 6.50. The maximum atomic E-state index is 12.0. The lowest BCUT2D eigenvalue weighted by Gasteiger charge is -2.22. The van der Waals surface area contributed by atoms with E-state index in [0.29, 0.717) is 0 Å². The molecule has 1 heterocycles. The zero-order valence-corrected chi connectivity index (χ0v) is 16.8. The van der Waals surface area contributed by atoms with Gasteiger partial charge < -0.3 is 15.5 Å². The van der Waals surface area contributed by atoms with Crippen molar-refractivity contribution in [3.05, 3.63) is 0 Å². The van der Waals surface area contributed by atoms with Crippen molar-refractivity contribution in [2.75, 3.05) is 32.7 Å². The molecule has 2 aliphatic rings. The Balaban J connectivity index is 0.00000264. The van der Waals surface area contributed by atoms with Crippen LogP contribution in [0.15, 0.2) is 4.99 Å². The number of guanidine groups is 1. The van der Waals surface area contributed by atoms with Crippen molar-refractivity contribution in [3.8, 4) is 0 Å². The minimum Gasteiger partial charge on any atom is -0.357 e. The van der Waals surface area contributed by atoms with Crippen LogP contribution in [0.2, 0.25) is 0 Å². The summed E-state index contributed by atoms with van der Waals surface area (Å²) in [5.41, 5.74) is 0. The van der Waals surface area contributed by atoms with Gasteiger partial charge in [-0.2, -0.15) is 0 Å². The maximum Gasteiger partial charge on any atom is 0.244 e. The van der Waals surface area contributed by atoms with E-state index in [4.69, 9.17) is 0 Å². The summed E-state index contributed by atoms with van der Waals surface area (Å²) in [4.78, 5) is 18.4. The highest BCUT2D eigenvalue weighted by atomic mass is 127. The van der Waals surface area contributed by atoms with Crippen molar-refractivity contribution in [1.29, 1.82) is 0 Å². The number of halogens is 1. The minimum atomic E-state index is 0. The largest absolute Gasteiger partial charge is 0.357 e. The van der Waals surface area contributed by atoms with E-state index in [1.54, 1.807) is 0 Å². The number of hydrogen-bond donors (Lipinski definition) is 2. The van der Waals surface area contributed by atoms with Crippen LogP contribution in [-0.2, 0) is 4.79 Å². The molecule has 0 unspecified atom stereocenters. The highest BCUT2D eigenvalue weighted by Gasteiger charge is 2.17. The molecule has 23 heavy (non-hydrogen) atoms. The lowest BCUT2D eigenvalue weighted by atomic mass is 9.87. The Morgan fingerprint density at radius 1 is 1.09 bits per heavy atom. The Kier molecular flexibility index (Phi) is 10.6. The summed E-state index contributed by atoms with van der Waals surface area (Å²) >= 11 is 0. The molecule has 0 atom stereocenters. The van der Waals surface area contributed by atoms with E-state index in [1.807, 2.05) is 4.90 Å². The van der Waals surface area contributed by atoms with Crippen LogP contribution in [0.4, 0.5) is 0 Å². The fraction of sp³-hybridized carbons (Fsp3) is 0.882. The molecule has 1 saturated carbocycles. The molecule has 0 aromatic heterocycles. The number of aliphatic imine (C=N–C) groups is 1. The molecule has 1 amide bonds. The molecule has 6 heteroatoms. The lowest BCUT2D eigenvalue weighted by molar-refractivity contribution is -0.128. The molecule has 2 fully saturated rings. The summed E-state index contributed by atoms with van der Waals surface area (Å²) in [7, 11) is 0. The summed E-state index contributed by atoms with van der Waals surface area (Å²) in [5, 5.41) is 6.62. The summed E-state index contributed by atoms with van der Waals surface area (Å²) in [6.07, 6.45) is 10.4. The zero-order chi connectivity index (χ0) is 15.6. The highest BCUT2D eigenvalue weighted by molar-refractivity contribution is 14.0. The number of rotatable bonds is 6. The van der Waals surface area contributed by atoms with Crippen molar-refractivity contribution in [2.24, 2.45) is 10.9 Å². The fourth-order valence-electron chi connectivity index (χ4n) is 3.43. The lowest BCUT2D eigenvalue weighted by Crippen LogP contribution is -2.39. The maximum absolute atomic E-state index is 12.0. The van der Waals surface area contributed by atoms with Gasteiger partial charge in [0.05, 0.1) is 0 Å². The smallest absolute Gasteiger partial charge is 0.244 e. The van der Waals surface area contributed by atoms with Gasteiger partial charge in [0.1, 0.15) is 6.54 Å². The SMILES string of the molecule is CCNC(=NCC(=O)N1CCCC1)NCCC1CCCCC1.I. The average molecular weight is 436 g/mol. The first-order valence-electron chi connectivity index (χ1n) is 9.09. The molecule has 0 radical (unpaired) electrons. The van der Waals surface area contributed by atoms with Crippen LogP contribution in [0.25, 0.3) is 0 Å². The van der Waals surface area contributed by atoms with Crippen LogP contribution in [0.3, 0.4) is 0 Å². The van der Waals surface area contributed by atoms with E-state index in [0.717, 1.165) is 50.9 Å². The molecule has 0 aromatic rings. The van der Waals surface area contributed by atoms with Gasteiger partial charge in [-0.1, -0.05) is 32.1 Å². The van der Waals surface area contributed by atoms with E-state index < -0.39 is 0 Å². The van der Waals surface area contributed by atoms with Crippen LogP contribution >= 0.6 is 24.0 Å². The molecular weight excluding hydrogens is 403 g/mol. The summed E-state index contributed by atoms with van der Waals surface area (Å²) in [6, 6.07) is 0. The van der Waals surface area contributed by atoms with E-state index in [-0.39, 0.29) is 36.4 Å². The van der Waals surface area contributed by atoms with Crippen molar-refractivity contribution < 1.29 is 4.79 Å². The predicted octanol–water partition coefficient (Wildman–Crippen LogP) is 2.75. The molecule has 1 aliphatic carbocycles. The standard InChI is InChI=1S/C17H32N4O.HI/c1-2-18-17(19-11-10-15-8-4-3-5-9-15)20-14-16(22)21-12-6-7-13-21;/h15H,2-14H2,1H3,(H2,18,19,20);1H. The number of nitrogens with one attached hydrogen (secondary N) is 2. The van der Waals surface area contributed by atoms with Crippen LogP contribution in [0.1, 0.15) is 58.3 Å². The van der Waals surface area contributed by atoms with E-state index in [2.05, 4.69) is 22.5 Å². The van der Waals surface area contributed by atoms with Gasteiger partial charge in [0.25, 0.3) is 0 Å². The second kappa shape index (κ2) is 11.9. The van der Waals surface area contributed by atoms with Gasteiger partial charge in [0, 0.05) is 26.2 Å². The minimum absolute atomic E-state index is 0. The van der Waals surface area contributed by atoms with Gasteiger partial charge in [-0.05, 0) is 32.1 Å². The number of likely N-dealkylation sites (tertiary alicyclic amines) is 1. The Morgan fingerprint density at radius 3 is 2.43 bits per heavy atom. The molecule has 134 valence electrons. The van der Waals surface area contributed by atoms with Crippen molar-refractivity contribution in [1.82, 2.24) is 15.5 Å². The Bertz CT molecular complexity index is 364. The first-order valence-corrected chi connectivity index (χ1v) is 9.09. The molecule has 2 rings (SSSR count). The molecule has 1 aliphatic heterocycles. The number of hydrogen-bond acceptors (Lipinski definition) is 2. The molecule has 0 spiro atoms. The van der Waals surface area contributed by atoms with Crippen molar-refractivity contribution in [3.63, 3.8) is 0 Å². The zero-order valence-electron chi connectivity index (χ0n) is 14.5. The number of amides is 1.